The van der Waals surface area contributed by atoms with Crippen LogP contribution < -0.4 is 11.3 Å². The van der Waals surface area contributed by atoms with Crippen LogP contribution in [0.4, 0.5) is 5.82 Å². The van der Waals surface area contributed by atoms with E-state index in [0.29, 0.717) is 18.2 Å². The average molecular weight is 258 g/mol. The van der Waals surface area contributed by atoms with E-state index in [0.717, 1.165) is 10.2 Å². The van der Waals surface area contributed by atoms with Crippen molar-refractivity contribution in [2.45, 2.75) is 6.54 Å². The van der Waals surface area contributed by atoms with Crippen LogP contribution in [0.15, 0.2) is 40.6 Å². The molecule has 0 aliphatic rings. The van der Waals surface area contributed by atoms with E-state index in [2.05, 4.69) is 9.97 Å². The fraction of sp³-hybridized carbons (Fsp3) is 0.0833. The number of nitrogens with two attached hydrogens (primary N) is 1. The largest absolute Gasteiger partial charge is 0.383 e. The fourth-order valence-corrected chi connectivity index (χ4v) is 2.53. The third kappa shape index (κ3) is 1.86. The molecule has 90 valence electrons. The van der Waals surface area contributed by atoms with Crippen LogP contribution in [0.25, 0.3) is 10.2 Å². The van der Waals surface area contributed by atoms with Crippen molar-refractivity contribution in [2.24, 2.45) is 0 Å². The molecule has 0 spiro atoms. The van der Waals surface area contributed by atoms with E-state index < -0.39 is 0 Å². The molecule has 0 unspecified atom stereocenters. The number of nitrogen functional groups attached to an aromatic ring is 1. The monoisotopic (exact) mass is 258 g/mol. The quantitative estimate of drug-likeness (QED) is 0.755. The summed E-state index contributed by atoms with van der Waals surface area (Å²) in [5, 5.41) is 2.79. The van der Waals surface area contributed by atoms with Crippen LogP contribution >= 0.6 is 11.3 Å². The van der Waals surface area contributed by atoms with Crippen LogP contribution in [0.2, 0.25) is 0 Å². The number of rotatable bonds is 2. The summed E-state index contributed by atoms with van der Waals surface area (Å²) in [6.45, 7) is 0.331. The van der Waals surface area contributed by atoms with Crippen LogP contribution in [-0.2, 0) is 6.54 Å². The smallest absolute Gasteiger partial charge is 0.250 e. The zero-order valence-electron chi connectivity index (χ0n) is 9.41. The van der Waals surface area contributed by atoms with Gasteiger partial charge in [0.15, 0.2) is 5.82 Å². The molecular weight excluding hydrogens is 248 g/mol. The lowest BCUT2D eigenvalue weighted by Crippen LogP contribution is -2.19. The summed E-state index contributed by atoms with van der Waals surface area (Å²) in [6, 6.07) is 6.91. The van der Waals surface area contributed by atoms with Crippen LogP contribution in [-0.4, -0.2) is 14.5 Å². The molecule has 0 saturated heterocycles. The molecule has 2 N–H and O–H groups in total. The van der Waals surface area contributed by atoms with Crippen molar-refractivity contribution in [3.8, 4) is 0 Å². The number of aromatic nitrogens is 3. The van der Waals surface area contributed by atoms with E-state index in [-0.39, 0.29) is 5.56 Å². The molecule has 0 radical (unpaired) electrons. The molecule has 0 fully saturated rings. The van der Waals surface area contributed by atoms with Crippen LogP contribution in [0.1, 0.15) is 5.82 Å². The Hall–Kier alpha value is -2.21. The molecule has 3 rings (SSSR count). The van der Waals surface area contributed by atoms with Gasteiger partial charge in [-0.25, -0.2) is 9.97 Å². The summed E-state index contributed by atoms with van der Waals surface area (Å²) in [7, 11) is 0. The van der Waals surface area contributed by atoms with Crippen molar-refractivity contribution < 1.29 is 0 Å². The Balaban J connectivity index is 2.05. The first kappa shape index (κ1) is 10.9. The van der Waals surface area contributed by atoms with E-state index in [9.17, 15) is 4.79 Å². The van der Waals surface area contributed by atoms with Gasteiger partial charge in [-0.15, -0.1) is 11.3 Å². The van der Waals surface area contributed by atoms with Gasteiger partial charge in [-0.1, -0.05) is 6.07 Å². The Kier molecular flexibility index (Phi) is 2.56. The lowest BCUT2D eigenvalue weighted by molar-refractivity contribution is 0.720. The van der Waals surface area contributed by atoms with E-state index >= 15 is 0 Å². The summed E-state index contributed by atoms with van der Waals surface area (Å²) in [6.07, 6.45) is 1.71. The third-order valence-corrected chi connectivity index (χ3v) is 3.42. The third-order valence-electron chi connectivity index (χ3n) is 2.61. The average Bonchev–Trinajstić information content (AvgIpc) is 2.81. The summed E-state index contributed by atoms with van der Waals surface area (Å²) >= 11 is 1.51. The molecule has 0 atom stereocenters. The maximum Gasteiger partial charge on any atom is 0.250 e. The fourth-order valence-electron chi connectivity index (χ4n) is 1.74. The van der Waals surface area contributed by atoms with Crippen molar-refractivity contribution in [3.63, 3.8) is 0 Å². The number of pyridine rings is 1. The van der Waals surface area contributed by atoms with Gasteiger partial charge in [0.1, 0.15) is 10.6 Å². The maximum absolute atomic E-state index is 11.6. The minimum absolute atomic E-state index is 0.0778. The molecule has 0 amide bonds. The molecule has 6 heteroatoms. The lowest BCUT2D eigenvalue weighted by Gasteiger charge is -2.05. The van der Waals surface area contributed by atoms with Crippen molar-refractivity contribution >= 4 is 27.4 Å². The molecule has 0 aliphatic carbocycles. The van der Waals surface area contributed by atoms with Gasteiger partial charge < -0.3 is 10.3 Å². The molecule has 3 aromatic rings. The van der Waals surface area contributed by atoms with E-state index in [1.165, 1.54) is 17.4 Å². The van der Waals surface area contributed by atoms with Gasteiger partial charge in [-0.2, -0.15) is 0 Å². The van der Waals surface area contributed by atoms with Gasteiger partial charge in [-0.05, 0) is 17.5 Å². The minimum atomic E-state index is -0.0778. The molecule has 0 aromatic carbocycles. The highest BCUT2D eigenvalue weighted by Gasteiger charge is 2.07. The van der Waals surface area contributed by atoms with Crippen LogP contribution in [0.5, 0.6) is 0 Å². The van der Waals surface area contributed by atoms with E-state index in [1.807, 2.05) is 11.4 Å². The van der Waals surface area contributed by atoms with E-state index in [4.69, 9.17) is 5.73 Å². The van der Waals surface area contributed by atoms with Gasteiger partial charge >= 0.3 is 0 Å². The van der Waals surface area contributed by atoms with Gasteiger partial charge in [-0.3, -0.25) is 4.79 Å². The minimum Gasteiger partial charge on any atom is -0.383 e. The SMILES string of the molecule is Nc1nc(Cn2ccccc2=O)nc2sccc12. The predicted octanol–water partition coefficient (Wildman–Crippen LogP) is 1.48. The molecule has 0 aliphatic heterocycles. The second-order valence-corrected chi connectivity index (χ2v) is 4.73. The Bertz CT molecular complexity index is 762. The Morgan fingerprint density at radius 3 is 3.00 bits per heavy atom. The Morgan fingerprint density at radius 2 is 2.17 bits per heavy atom. The normalized spacial score (nSPS) is 10.9. The van der Waals surface area contributed by atoms with Gasteiger partial charge in [0.05, 0.1) is 11.9 Å². The number of hydrogen-bond acceptors (Lipinski definition) is 5. The van der Waals surface area contributed by atoms with Crippen molar-refractivity contribution in [1.82, 2.24) is 14.5 Å². The first-order chi connectivity index (χ1) is 8.74. The second-order valence-electron chi connectivity index (χ2n) is 3.83. The number of thiophene rings is 1. The number of hydrogen-bond donors (Lipinski definition) is 1. The highest BCUT2D eigenvalue weighted by atomic mass is 32.1. The van der Waals surface area contributed by atoms with Crippen molar-refractivity contribution in [3.05, 3.63) is 52.0 Å². The highest BCUT2D eigenvalue weighted by Crippen LogP contribution is 2.22. The highest BCUT2D eigenvalue weighted by molar-refractivity contribution is 7.16. The first-order valence-electron chi connectivity index (χ1n) is 5.39. The molecule has 5 nitrogen and oxygen atoms in total. The van der Waals surface area contributed by atoms with Crippen LogP contribution in [0.3, 0.4) is 0 Å². The number of anilines is 1. The number of nitrogens with zero attached hydrogens (tertiary/aromatic N) is 3. The molecular formula is C12H10N4OS. The van der Waals surface area contributed by atoms with Crippen LogP contribution in [0, 0.1) is 0 Å². The zero-order chi connectivity index (χ0) is 12.5. The summed E-state index contributed by atoms with van der Waals surface area (Å²) in [5.41, 5.74) is 5.78. The standard InChI is InChI=1S/C12H10N4OS/c13-11-8-4-6-18-12(8)15-9(14-11)7-16-5-2-1-3-10(16)17/h1-6H,7H2,(H2,13,14,15). The molecule has 3 aromatic heterocycles. The summed E-state index contributed by atoms with van der Waals surface area (Å²) in [4.78, 5) is 21.1. The Morgan fingerprint density at radius 1 is 1.28 bits per heavy atom. The van der Waals surface area contributed by atoms with Crippen molar-refractivity contribution in [1.29, 1.82) is 0 Å². The topological polar surface area (TPSA) is 73.8 Å². The van der Waals surface area contributed by atoms with Gasteiger partial charge in [0.2, 0.25) is 0 Å². The zero-order valence-corrected chi connectivity index (χ0v) is 10.2. The molecule has 18 heavy (non-hydrogen) atoms. The number of fused-ring (bicyclic) bond motifs is 1. The second kappa shape index (κ2) is 4.23. The summed E-state index contributed by atoms with van der Waals surface area (Å²) < 4.78 is 1.55. The Labute approximate surface area is 107 Å². The summed E-state index contributed by atoms with van der Waals surface area (Å²) in [5.74, 6) is 1.01. The molecule has 0 saturated carbocycles. The first-order valence-corrected chi connectivity index (χ1v) is 6.27. The van der Waals surface area contributed by atoms with Crippen molar-refractivity contribution in [2.75, 3.05) is 5.73 Å². The maximum atomic E-state index is 11.6. The predicted molar refractivity (Wildman–Crippen MR) is 71.6 cm³/mol. The van der Waals surface area contributed by atoms with Gasteiger partial charge in [0.25, 0.3) is 5.56 Å². The van der Waals surface area contributed by atoms with E-state index in [1.54, 1.807) is 22.9 Å². The molecule has 0 bridgehead atoms. The lowest BCUT2D eigenvalue weighted by atomic mass is 10.4. The van der Waals surface area contributed by atoms with Gasteiger partial charge in [0, 0.05) is 12.3 Å². The molecule has 3 heterocycles.